The van der Waals surface area contributed by atoms with Crippen LogP contribution in [0.1, 0.15) is 100 Å². The Morgan fingerprint density at radius 1 is 0.914 bits per heavy atom. The summed E-state index contributed by atoms with van der Waals surface area (Å²) in [5, 5.41) is 9.02. The van der Waals surface area contributed by atoms with Crippen molar-refractivity contribution in [2.45, 2.75) is 149 Å². The molecule has 15 heteroatoms. The van der Waals surface area contributed by atoms with Crippen molar-refractivity contribution < 1.29 is 33.4 Å². The van der Waals surface area contributed by atoms with Crippen LogP contribution < -0.4 is 16.0 Å². The van der Waals surface area contributed by atoms with Crippen molar-refractivity contribution in [3.63, 3.8) is 0 Å². The molecule has 0 aromatic heterocycles. The first kappa shape index (κ1) is 51.3. The normalized spacial score (nSPS) is 18.9. The van der Waals surface area contributed by atoms with Crippen LogP contribution in [0, 0.1) is 23.7 Å². The molecule has 1 heterocycles. The average molecular weight is 851 g/mol. The van der Waals surface area contributed by atoms with Crippen LogP contribution in [0.25, 0.3) is 0 Å². The number of nitrogens with one attached hydrogen (secondary N) is 3. The van der Waals surface area contributed by atoms with E-state index >= 15 is 0 Å². The number of nitrogens with zero attached hydrogens (tertiary/aromatic N) is 3. The summed E-state index contributed by atoms with van der Waals surface area (Å²) in [6, 6.07) is 6.55. The van der Waals surface area contributed by atoms with Crippen LogP contribution in [-0.2, 0) is 39.9 Å². The van der Waals surface area contributed by atoms with Crippen LogP contribution in [0.15, 0.2) is 30.3 Å². The molecule has 13 nitrogen and oxygen atoms in total. The number of carbonyl (C=O) groups excluding carboxylic acids is 5. The van der Waals surface area contributed by atoms with Crippen molar-refractivity contribution in [3.05, 3.63) is 35.9 Å². The highest BCUT2D eigenvalue weighted by molar-refractivity contribution is 8.67. The predicted molar refractivity (Wildman–Crippen MR) is 236 cm³/mol. The molecule has 5 amide bonds. The highest BCUT2D eigenvalue weighted by Gasteiger charge is 2.43. The number of amides is 5. The van der Waals surface area contributed by atoms with Gasteiger partial charge in [0.15, 0.2) is 0 Å². The second kappa shape index (κ2) is 23.8. The van der Waals surface area contributed by atoms with E-state index in [4.69, 9.17) is 9.47 Å². The molecule has 0 aliphatic carbocycles. The van der Waals surface area contributed by atoms with Gasteiger partial charge in [-0.05, 0) is 75.0 Å². The Balaban J connectivity index is 2.32. The minimum absolute atomic E-state index is 0.000846. The highest BCUT2D eigenvalue weighted by Crippen LogP contribution is 2.30. The molecule has 0 radical (unpaired) electrons. The first-order valence-electron chi connectivity index (χ1n) is 20.8. The van der Waals surface area contributed by atoms with E-state index in [2.05, 4.69) is 27.6 Å². The van der Waals surface area contributed by atoms with Crippen LogP contribution in [0.3, 0.4) is 0 Å². The molecule has 330 valence electrons. The van der Waals surface area contributed by atoms with Gasteiger partial charge in [0.2, 0.25) is 29.5 Å². The zero-order valence-electron chi connectivity index (χ0n) is 37.5. The lowest BCUT2D eigenvalue weighted by molar-refractivity contribution is -0.148. The van der Waals surface area contributed by atoms with Crippen molar-refractivity contribution in [3.8, 4) is 0 Å². The Morgan fingerprint density at radius 3 is 2.03 bits per heavy atom. The van der Waals surface area contributed by atoms with Crippen LogP contribution >= 0.6 is 22.6 Å². The summed E-state index contributed by atoms with van der Waals surface area (Å²) in [7, 11) is 7.78. The van der Waals surface area contributed by atoms with Crippen LogP contribution in [0.4, 0.5) is 0 Å². The molecule has 2 rings (SSSR count). The smallest absolute Gasteiger partial charge is 0.245 e. The zero-order valence-corrected chi connectivity index (χ0v) is 39.2. The maximum absolute atomic E-state index is 14.3. The molecule has 1 saturated heterocycles. The number of carbonyl (C=O) groups is 5. The number of benzene rings is 1. The minimum atomic E-state index is -0.816. The summed E-state index contributed by atoms with van der Waals surface area (Å²) in [6.07, 6.45) is 1.11. The third kappa shape index (κ3) is 14.4. The van der Waals surface area contributed by atoms with Gasteiger partial charge < -0.3 is 35.2 Å². The van der Waals surface area contributed by atoms with E-state index in [9.17, 15) is 24.0 Å². The summed E-state index contributed by atoms with van der Waals surface area (Å²) in [4.78, 5) is 73.0. The quantitative estimate of drug-likeness (QED) is 0.0708. The van der Waals surface area contributed by atoms with E-state index in [-0.39, 0.29) is 53.7 Å². The van der Waals surface area contributed by atoms with E-state index < -0.39 is 53.9 Å². The van der Waals surface area contributed by atoms with Gasteiger partial charge in [0, 0.05) is 39.8 Å². The predicted octanol–water partition coefficient (Wildman–Crippen LogP) is 5.14. The van der Waals surface area contributed by atoms with Gasteiger partial charge in [0.25, 0.3) is 0 Å². The Hall–Kier alpha value is -2.85. The number of thiol groups is 1. The minimum Gasteiger partial charge on any atom is -0.379 e. The average Bonchev–Trinajstić information content (AvgIpc) is 3.65. The molecule has 0 saturated carbocycles. The molecule has 0 spiro atoms. The van der Waals surface area contributed by atoms with Gasteiger partial charge in [-0.2, -0.15) is 0 Å². The lowest BCUT2D eigenvalue weighted by atomic mass is 9.89. The molecule has 1 aliphatic heterocycles. The summed E-state index contributed by atoms with van der Waals surface area (Å²) in [5.74, 6) is -2.27. The Kier molecular flexibility index (Phi) is 21.1. The molecule has 3 N–H and O–H groups in total. The van der Waals surface area contributed by atoms with Crippen molar-refractivity contribution in [1.29, 1.82) is 0 Å². The van der Waals surface area contributed by atoms with E-state index in [1.165, 1.54) is 0 Å². The SMILES string of the molecule is CC[C@H](C)[C@@H]([C@@H](CC(=O)N1CCC[C@H]1[C@H](OC)[C@@H](C)C(=O)N[C@@H](Cc1ccccc1)C(=O)NC(C)(C)C)OC)N(C)C(=O)[C@@H](NC(=O)[C@H](C(C)C)N(C)SS)C(C)C. The van der Waals surface area contributed by atoms with Gasteiger partial charge in [0.05, 0.1) is 36.6 Å². The van der Waals surface area contributed by atoms with Crippen molar-refractivity contribution in [1.82, 2.24) is 30.1 Å². The molecular formula is C43H74N6O7S2. The molecule has 1 aromatic carbocycles. The standard InChI is InChI=1S/C43H74N6O7S2/c1-15-28(6)37(47(11)42(54)35(26(2)3)45-41(53)36(27(4)5)48(12)58-57)33(55-13)25-34(50)49-23-19-22-32(49)38(56-14)29(7)39(51)44-31(40(52)46-43(8,9)10)24-30-20-17-16-18-21-30/h16-18,20-21,26-29,31-33,35-38,57H,15,19,22-25H2,1-14H3,(H,44,51)(H,45,53)(H,46,52)/t28-,29+,31-,32-,33+,35-,36-,37-,38+/m0/s1. The molecule has 1 aliphatic rings. The van der Waals surface area contributed by atoms with E-state index in [1.54, 1.807) is 49.3 Å². The van der Waals surface area contributed by atoms with Crippen LogP contribution in [0.2, 0.25) is 0 Å². The monoisotopic (exact) mass is 851 g/mol. The van der Waals surface area contributed by atoms with E-state index in [1.807, 2.05) is 92.6 Å². The third-order valence-electron chi connectivity index (χ3n) is 11.3. The second-order valence-corrected chi connectivity index (χ2v) is 18.9. The van der Waals surface area contributed by atoms with Gasteiger partial charge in [-0.3, -0.25) is 24.0 Å². The summed E-state index contributed by atoms with van der Waals surface area (Å²) < 4.78 is 13.8. The van der Waals surface area contributed by atoms with Crippen molar-refractivity contribution >= 4 is 52.2 Å². The summed E-state index contributed by atoms with van der Waals surface area (Å²) in [5.41, 5.74) is 0.417. The number of hydrogen-bond donors (Lipinski definition) is 4. The number of likely N-dealkylation sites (tertiary alicyclic amines) is 1. The van der Waals surface area contributed by atoms with Crippen molar-refractivity contribution in [2.24, 2.45) is 23.7 Å². The molecule has 1 fully saturated rings. The molecule has 0 bridgehead atoms. The highest BCUT2D eigenvalue weighted by atomic mass is 33.1. The zero-order chi connectivity index (χ0) is 44.1. The molecular weight excluding hydrogens is 777 g/mol. The largest absolute Gasteiger partial charge is 0.379 e. The molecule has 0 unspecified atom stereocenters. The Labute approximate surface area is 358 Å². The molecule has 1 aromatic rings. The number of hydrogen-bond acceptors (Lipinski definition) is 10. The van der Waals surface area contributed by atoms with Gasteiger partial charge in [-0.1, -0.05) is 96.9 Å². The maximum atomic E-state index is 14.3. The fraction of sp³-hybridized carbons (Fsp3) is 0.744. The Morgan fingerprint density at radius 2 is 1.53 bits per heavy atom. The lowest BCUT2D eigenvalue weighted by Crippen LogP contribution is -2.59. The van der Waals surface area contributed by atoms with E-state index in [0.29, 0.717) is 19.4 Å². The number of rotatable bonds is 22. The van der Waals surface area contributed by atoms with Crippen LogP contribution in [-0.4, -0.2) is 126 Å². The fourth-order valence-electron chi connectivity index (χ4n) is 8.04. The second-order valence-electron chi connectivity index (χ2n) is 17.6. The van der Waals surface area contributed by atoms with Gasteiger partial charge in [0.1, 0.15) is 18.1 Å². The van der Waals surface area contributed by atoms with Gasteiger partial charge in [-0.15, -0.1) is 0 Å². The van der Waals surface area contributed by atoms with Gasteiger partial charge in [-0.25, -0.2) is 4.31 Å². The van der Waals surface area contributed by atoms with E-state index in [0.717, 1.165) is 29.4 Å². The number of methoxy groups -OCH3 is 2. The van der Waals surface area contributed by atoms with Gasteiger partial charge >= 0.3 is 0 Å². The van der Waals surface area contributed by atoms with Crippen molar-refractivity contribution in [2.75, 3.05) is 34.9 Å². The first-order valence-corrected chi connectivity index (χ1v) is 22.6. The topological polar surface area (TPSA) is 150 Å². The first-order chi connectivity index (χ1) is 27.1. The fourth-order valence-corrected chi connectivity index (χ4v) is 8.78. The maximum Gasteiger partial charge on any atom is 0.245 e. The number of ether oxygens (including phenoxy) is 2. The third-order valence-corrected chi connectivity index (χ3v) is 12.6. The van der Waals surface area contributed by atoms with Crippen LogP contribution in [0.5, 0.6) is 0 Å². The summed E-state index contributed by atoms with van der Waals surface area (Å²) in [6.45, 7) is 19.7. The number of likely N-dealkylation sites (N-methyl/N-ethyl adjacent to an activating group) is 2. The molecule has 58 heavy (non-hydrogen) atoms. The molecule has 9 atom stereocenters. The lowest BCUT2D eigenvalue weighted by Gasteiger charge is -2.41. The Bertz CT molecular complexity index is 1480. The summed E-state index contributed by atoms with van der Waals surface area (Å²) >= 11 is 4.29.